The van der Waals surface area contributed by atoms with Crippen LogP contribution in [-0.4, -0.2) is 12.0 Å². The van der Waals surface area contributed by atoms with Gasteiger partial charge in [0, 0.05) is 18.9 Å². The van der Waals surface area contributed by atoms with Crippen LogP contribution in [0.25, 0.3) is 0 Å². The third-order valence-electron chi connectivity index (χ3n) is 3.72. The summed E-state index contributed by atoms with van der Waals surface area (Å²) in [5, 5.41) is 0. The summed E-state index contributed by atoms with van der Waals surface area (Å²) in [6.45, 7) is 0. The third kappa shape index (κ3) is 1.15. The SMILES string of the molecule is NC1CCC12CCC(F)(F)CC2. The van der Waals surface area contributed by atoms with Gasteiger partial charge >= 0.3 is 0 Å². The van der Waals surface area contributed by atoms with Crippen molar-refractivity contribution in [1.82, 2.24) is 0 Å². The molecule has 1 unspecified atom stereocenters. The Hall–Kier alpha value is -0.180. The van der Waals surface area contributed by atoms with Gasteiger partial charge in [0.15, 0.2) is 0 Å². The van der Waals surface area contributed by atoms with Crippen LogP contribution in [0.4, 0.5) is 8.78 Å². The summed E-state index contributed by atoms with van der Waals surface area (Å²) < 4.78 is 25.6. The number of alkyl halides is 2. The second kappa shape index (κ2) is 2.41. The number of hydrogen-bond acceptors (Lipinski definition) is 1. The molecule has 1 nitrogen and oxygen atoms in total. The molecule has 2 rings (SSSR count). The molecule has 0 heterocycles. The van der Waals surface area contributed by atoms with Crippen molar-refractivity contribution in [2.45, 2.75) is 50.5 Å². The van der Waals surface area contributed by atoms with E-state index in [1.807, 2.05) is 0 Å². The molecule has 0 aromatic rings. The minimum absolute atomic E-state index is 0.0562. The van der Waals surface area contributed by atoms with Crippen LogP contribution in [0.15, 0.2) is 0 Å². The summed E-state index contributed by atoms with van der Waals surface area (Å²) >= 11 is 0. The first-order valence-corrected chi connectivity index (χ1v) is 4.68. The Morgan fingerprint density at radius 1 is 1.00 bits per heavy atom. The van der Waals surface area contributed by atoms with Crippen molar-refractivity contribution in [1.29, 1.82) is 0 Å². The second-order valence-corrected chi connectivity index (χ2v) is 4.36. The van der Waals surface area contributed by atoms with Crippen molar-refractivity contribution in [2.24, 2.45) is 11.1 Å². The number of hydrogen-bond donors (Lipinski definition) is 1. The van der Waals surface area contributed by atoms with Crippen LogP contribution >= 0.6 is 0 Å². The van der Waals surface area contributed by atoms with Gasteiger partial charge in [-0.3, -0.25) is 0 Å². The maximum absolute atomic E-state index is 12.8. The first-order valence-electron chi connectivity index (χ1n) is 4.68. The van der Waals surface area contributed by atoms with Gasteiger partial charge in [0.1, 0.15) is 0 Å². The number of halogens is 2. The van der Waals surface area contributed by atoms with Crippen molar-refractivity contribution in [2.75, 3.05) is 0 Å². The van der Waals surface area contributed by atoms with E-state index >= 15 is 0 Å². The fourth-order valence-corrected chi connectivity index (χ4v) is 2.45. The van der Waals surface area contributed by atoms with Crippen molar-refractivity contribution in [3.63, 3.8) is 0 Å². The molecule has 0 aliphatic heterocycles. The van der Waals surface area contributed by atoms with Gasteiger partial charge in [-0.25, -0.2) is 8.78 Å². The van der Waals surface area contributed by atoms with Gasteiger partial charge in [-0.1, -0.05) is 0 Å². The van der Waals surface area contributed by atoms with Gasteiger partial charge in [-0.05, 0) is 31.1 Å². The molecule has 0 aromatic heterocycles. The number of rotatable bonds is 0. The molecule has 1 spiro atoms. The molecule has 70 valence electrons. The molecule has 2 aliphatic carbocycles. The van der Waals surface area contributed by atoms with E-state index in [9.17, 15) is 8.78 Å². The molecule has 0 aromatic carbocycles. The summed E-state index contributed by atoms with van der Waals surface area (Å²) in [7, 11) is 0. The zero-order valence-electron chi connectivity index (χ0n) is 7.15. The highest BCUT2D eigenvalue weighted by Crippen LogP contribution is 2.53. The van der Waals surface area contributed by atoms with Crippen molar-refractivity contribution in [3.05, 3.63) is 0 Å². The number of nitrogens with two attached hydrogens (primary N) is 1. The zero-order valence-corrected chi connectivity index (χ0v) is 7.15. The Kier molecular flexibility index (Phi) is 1.69. The summed E-state index contributed by atoms with van der Waals surface area (Å²) in [6.07, 6.45) is 3.50. The first-order chi connectivity index (χ1) is 5.54. The first kappa shape index (κ1) is 8.42. The lowest BCUT2D eigenvalue weighted by Crippen LogP contribution is -2.53. The van der Waals surface area contributed by atoms with E-state index in [1.165, 1.54) is 0 Å². The van der Waals surface area contributed by atoms with Crippen molar-refractivity contribution >= 4 is 0 Å². The van der Waals surface area contributed by atoms with Crippen LogP contribution < -0.4 is 5.73 Å². The van der Waals surface area contributed by atoms with Crippen LogP contribution in [0.5, 0.6) is 0 Å². The predicted molar refractivity (Wildman–Crippen MR) is 43.1 cm³/mol. The minimum atomic E-state index is -2.40. The molecule has 0 saturated heterocycles. The van der Waals surface area contributed by atoms with Crippen LogP contribution in [-0.2, 0) is 0 Å². The lowest BCUT2D eigenvalue weighted by Gasteiger charge is -2.51. The Morgan fingerprint density at radius 3 is 1.92 bits per heavy atom. The molecule has 2 fully saturated rings. The Balaban J connectivity index is 1.98. The largest absolute Gasteiger partial charge is 0.327 e. The van der Waals surface area contributed by atoms with Gasteiger partial charge in [-0.15, -0.1) is 0 Å². The average molecular weight is 175 g/mol. The topological polar surface area (TPSA) is 26.0 Å². The van der Waals surface area contributed by atoms with E-state index in [1.54, 1.807) is 0 Å². The maximum Gasteiger partial charge on any atom is 0.248 e. The minimum Gasteiger partial charge on any atom is -0.327 e. The third-order valence-corrected chi connectivity index (χ3v) is 3.72. The molecular weight excluding hydrogens is 160 g/mol. The highest BCUT2D eigenvalue weighted by molar-refractivity contribution is 5.02. The van der Waals surface area contributed by atoms with E-state index in [0.29, 0.717) is 12.8 Å². The summed E-state index contributed by atoms with van der Waals surface area (Å²) in [5.41, 5.74) is 5.94. The van der Waals surface area contributed by atoms with Gasteiger partial charge in [0.2, 0.25) is 5.92 Å². The molecule has 0 radical (unpaired) electrons. The Bertz CT molecular complexity index is 181. The van der Waals surface area contributed by atoms with Gasteiger partial charge < -0.3 is 5.73 Å². The van der Waals surface area contributed by atoms with Gasteiger partial charge in [-0.2, -0.15) is 0 Å². The van der Waals surface area contributed by atoms with E-state index in [0.717, 1.165) is 12.8 Å². The van der Waals surface area contributed by atoms with E-state index in [4.69, 9.17) is 5.73 Å². The highest BCUT2D eigenvalue weighted by atomic mass is 19.3. The van der Waals surface area contributed by atoms with Crippen LogP contribution in [0.2, 0.25) is 0 Å². The molecule has 3 heteroatoms. The summed E-state index contributed by atoms with van der Waals surface area (Å²) in [5.74, 6) is -2.40. The predicted octanol–water partition coefficient (Wildman–Crippen LogP) is 2.30. The van der Waals surface area contributed by atoms with Crippen molar-refractivity contribution in [3.8, 4) is 0 Å². The monoisotopic (exact) mass is 175 g/mol. The maximum atomic E-state index is 12.8. The highest BCUT2D eigenvalue weighted by Gasteiger charge is 2.50. The molecule has 0 amide bonds. The van der Waals surface area contributed by atoms with Gasteiger partial charge in [0.05, 0.1) is 0 Å². The Morgan fingerprint density at radius 2 is 1.58 bits per heavy atom. The second-order valence-electron chi connectivity index (χ2n) is 4.36. The van der Waals surface area contributed by atoms with Crippen molar-refractivity contribution < 1.29 is 8.78 Å². The molecule has 2 N–H and O–H groups in total. The quantitative estimate of drug-likeness (QED) is 0.600. The fourth-order valence-electron chi connectivity index (χ4n) is 2.45. The molecule has 2 saturated carbocycles. The lowest BCUT2D eigenvalue weighted by molar-refractivity contribution is -0.0935. The Labute approximate surface area is 71.3 Å². The van der Waals surface area contributed by atoms with Crippen LogP contribution in [0.1, 0.15) is 38.5 Å². The summed E-state index contributed by atoms with van der Waals surface area (Å²) in [4.78, 5) is 0. The van der Waals surface area contributed by atoms with E-state index < -0.39 is 5.92 Å². The van der Waals surface area contributed by atoms with Crippen LogP contribution in [0, 0.1) is 5.41 Å². The molecule has 1 atom stereocenters. The normalized spacial score (nSPS) is 37.8. The standard InChI is InChI=1S/C9H15F2N/c10-9(11)5-3-8(4-6-9)2-1-7(8)12/h7H,1-6,12H2. The van der Waals surface area contributed by atoms with E-state index in [-0.39, 0.29) is 24.3 Å². The molecule has 12 heavy (non-hydrogen) atoms. The van der Waals surface area contributed by atoms with Crippen LogP contribution in [0.3, 0.4) is 0 Å². The van der Waals surface area contributed by atoms with Gasteiger partial charge in [0.25, 0.3) is 0 Å². The average Bonchev–Trinajstić information content (AvgIpc) is 2.02. The fraction of sp³-hybridized carbons (Fsp3) is 1.00. The molecule has 0 bridgehead atoms. The molecule has 2 aliphatic rings. The molecular formula is C9H15F2N. The smallest absolute Gasteiger partial charge is 0.248 e. The lowest BCUT2D eigenvalue weighted by atomic mass is 9.57. The summed E-state index contributed by atoms with van der Waals surface area (Å²) in [6, 6.07) is 0.202. The zero-order chi connectivity index (χ0) is 8.82. The van der Waals surface area contributed by atoms with E-state index in [2.05, 4.69) is 0 Å².